The highest BCUT2D eigenvalue weighted by molar-refractivity contribution is 5.77. The van der Waals surface area contributed by atoms with Crippen molar-refractivity contribution in [1.29, 1.82) is 0 Å². The van der Waals surface area contributed by atoms with Gasteiger partial charge in [0.15, 0.2) is 0 Å². The second-order valence-corrected chi connectivity index (χ2v) is 6.52. The van der Waals surface area contributed by atoms with Crippen molar-refractivity contribution in [2.45, 2.75) is 71.5 Å². The Morgan fingerprint density at radius 3 is 1.67 bits per heavy atom. The van der Waals surface area contributed by atoms with E-state index in [1.54, 1.807) is 20.8 Å². The van der Waals surface area contributed by atoms with E-state index in [9.17, 15) is 35.9 Å². The van der Waals surface area contributed by atoms with Crippen molar-refractivity contribution in [1.82, 2.24) is 0 Å². The summed E-state index contributed by atoms with van der Waals surface area (Å²) in [4.78, 5) is 23.3. The SMILES string of the molecule is CCC(C)(C)C(=O)OC(C)(C)CC(=O)OC(C(F)(F)F)C(F)(F)F. The van der Waals surface area contributed by atoms with Gasteiger partial charge in [-0.15, -0.1) is 0 Å². The number of alkyl halides is 6. The molecule has 0 bridgehead atoms. The predicted molar refractivity (Wildman–Crippen MR) is 70.9 cm³/mol. The molecule has 0 saturated carbocycles. The van der Waals surface area contributed by atoms with Gasteiger partial charge in [0.2, 0.25) is 0 Å². The standard InChI is InChI=1S/C14H20F6O4/c1-6-11(2,3)10(22)24-12(4,5)7-8(21)23-9(13(15,16)17)14(18,19)20/h9H,6-7H2,1-5H3. The fraction of sp³-hybridized carbons (Fsp3) is 0.857. The van der Waals surface area contributed by atoms with Gasteiger partial charge < -0.3 is 9.47 Å². The van der Waals surface area contributed by atoms with Crippen molar-refractivity contribution in [2.24, 2.45) is 5.41 Å². The Kier molecular flexibility index (Phi) is 6.74. The molecule has 0 aromatic carbocycles. The largest absolute Gasteiger partial charge is 0.459 e. The van der Waals surface area contributed by atoms with Crippen LogP contribution in [0.25, 0.3) is 0 Å². The van der Waals surface area contributed by atoms with Crippen LogP contribution in [0.15, 0.2) is 0 Å². The summed E-state index contributed by atoms with van der Waals surface area (Å²) in [6.45, 7) is 7.17. The average Bonchev–Trinajstić information content (AvgIpc) is 2.31. The van der Waals surface area contributed by atoms with Crippen LogP contribution < -0.4 is 0 Å². The quantitative estimate of drug-likeness (QED) is 0.523. The molecule has 0 aromatic heterocycles. The maximum absolute atomic E-state index is 12.3. The van der Waals surface area contributed by atoms with Gasteiger partial charge in [-0.25, -0.2) is 0 Å². The number of carbonyl (C=O) groups is 2. The van der Waals surface area contributed by atoms with Gasteiger partial charge in [0.1, 0.15) is 5.60 Å². The lowest BCUT2D eigenvalue weighted by atomic mass is 9.90. The summed E-state index contributed by atoms with van der Waals surface area (Å²) in [5.41, 5.74) is -2.54. The molecule has 10 heteroatoms. The Morgan fingerprint density at radius 1 is 0.917 bits per heavy atom. The minimum Gasteiger partial charge on any atom is -0.459 e. The summed E-state index contributed by atoms with van der Waals surface area (Å²) >= 11 is 0. The van der Waals surface area contributed by atoms with Gasteiger partial charge in [-0.2, -0.15) is 26.3 Å². The van der Waals surface area contributed by atoms with E-state index in [4.69, 9.17) is 4.74 Å². The van der Waals surface area contributed by atoms with E-state index < -0.39 is 47.8 Å². The molecule has 0 saturated heterocycles. The smallest absolute Gasteiger partial charge is 0.434 e. The first-order valence-electron chi connectivity index (χ1n) is 6.99. The Morgan fingerprint density at radius 2 is 1.33 bits per heavy atom. The van der Waals surface area contributed by atoms with E-state index in [-0.39, 0.29) is 0 Å². The first-order valence-corrected chi connectivity index (χ1v) is 6.99. The van der Waals surface area contributed by atoms with E-state index in [0.29, 0.717) is 6.42 Å². The molecule has 0 rings (SSSR count). The lowest BCUT2D eigenvalue weighted by Gasteiger charge is -2.30. The normalized spacial score (nSPS) is 13.8. The summed E-state index contributed by atoms with van der Waals surface area (Å²) in [5, 5.41) is 0. The summed E-state index contributed by atoms with van der Waals surface area (Å²) in [6.07, 6.45) is -16.4. The third kappa shape index (κ3) is 6.96. The van der Waals surface area contributed by atoms with E-state index in [2.05, 4.69) is 4.74 Å². The Hall–Kier alpha value is -1.48. The van der Waals surface area contributed by atoms with Crippen LogP contribution in [-0.2, 0) is 19.1 Å². The number of carbonyl (C=O) groups excluding carboxylic acids is 2. The van der Waals surface area contributed by atoms with Crippen molar-refractivity contribution in [3.63, 3.8) is 0 Å². The predicted octanol–water partition coefficient (Wildman–Crippen LogP) is 4.17. The first-order chi connectivity index (χ1) is 10.4. The zero-order chi connectivity index (χ0) is 19.6. The number of hydrogen-bond acceptors (Lipinski definition) is 4. The van der Waals surface area contributed by atoms with Gasteiger partial charge in [-0.3, -0.25) is 9.59 Å². The van der Waals surface area contributed by atoms with Crippen LogP contribution in [-0.4, -0.2) is 36.0 Å². The van der Waals surface area contributed by atoms with Crippen molar-refractivity contribution < 1.29 is 45.4 Å². The van der Waals surface area contributed by atoms with E-state index in [0.717, 1.165) is 0 Å². The van der Waals surface area contributed by atoms with Crippen molar-refractivity contribution in [3.05, 3.63) is 0 Å². The number of esters is 2. The number of halogens is 6. The van der Waals surface area contributed by atoms with Crippen LogP contribution >= 0.6 is 0 Å². The molecule has 0 unspecified atom stereocenters. The lowest BCUT2D eigenvalue weighted by molar-refractivity contribution is -0.314. The molecule has 0 aliphatic rings. The van der Waals surface area contributed by atoms with Gasteiger partial charge in [0.05, 0.1) is 11.8 Å². The fourth-order valence-corrected chi connectivity index (χ4v) is 1.41. The average molecular weight is 366 g/mol. The molecule has 0 aliphatic carbocycles. The Balaban J connectivity index is 5.00. The van der Waals surface area contributed by atoms with Crippen molar-refractivity contribution in [2.75, 3.05) is 0 Å². The Labute approximate surface area is 135 Å². The highest BCUT2D eigenvalue weighted by atomic mass is 19.4. The van der Waals surface area contributed by atoms with Crippen LogP contribution in [0.1, 0.15) is 47.5 Å². The third-order valence-electron chi connectivity index (χ3n) is 3.22. The summed E-state index contributed by atoms with van der Waals surface area (Å²) < 4.78 is 82.6. The van der Waals surface area contributed by atoms with Gasteiger partial charge in [-0.1, -0.05) is 6.92 Å². The van der Waals surface area contributed by atoms with Gasteiger partial charge in [0, 0.05) is 0 Å². The Bertz CT molecular complexity index is 451. The van der Waals surface area contributed by atoms with Crippen molar-refractivity contribution >= 4 is 11.9 Å². The highest BCUT2D eigenvalue weighted by Crippen LogP contribution is 2.36. The molecule has 0 atom stereocenters. The first kappa shape index (κ1) is 22.5. The van der Waals surface area contributed by atoms with E-state index in [1.165, 1.54) is 13.8 Å². The molecule has 0 aliphatic heterocycles. The monoisotopic (exact) mass is 366 g/mol. The second kappa shape index (κ2) is 7.18. The van der Waals surface area contributed by atoms with Gasteiger partial charge in [-0.05, 0) is 34.1 Å². The lowest BCUT2D eigenvalue weighted by Crippen LogP contribution is -2.46. The van der Waals surface area contributed by atoms with Crippen LogP contribution in [0.2, 0.25) is 0 Å². The molecule has 142 valence electrons. The maximum Gasteiger partial charge on any atom is 0.434 e. The topological polar surface area (TPSA) is 52.6 Å². The zero-order valence-electron chi connectivity index (χ0n) is 13.9. The molecule has 24 heavy (non-hydrogen) atoms. The molecule has 0 spiro atoms. The number of rotatable bonds is 6. The maximum atomic E-state index is 12.3. The second-order valence-electron chi connectivity index (χ2n) is 6.52. The van der Waals surface area contributed by atoms with E-state index >= 15 is 0 Å². The molecule has 0 N–H and O–H groups in total. The van der Waals surface area contributed by atoms with Crippen molar-refractivity contribution in [3.8, 4) is 0 Å². The summed E-state index contributed by atoms with van der Waals surface area (Å²) in [7, 11) is 0. The minimum atomic E-state index is -5.79. The van der Waals surface area contributed by atoms with Crippen LogP contribution in [0, 0.1) is 5.41 Å². The third-order valence-corrected chi connectivity index (χ3v) is 3.22. The van der Waals surface area contributed by atoms with Crippen LogP contribution in [0.4, 0.5) is 26.3 Å². The zero-order valence-corrected chi connectivity index (χ0v) is 13.9. The van der Waals surface area contributed by atoms with E-state index in [1.807, 2.05) is 0 Å². The molecule has 0 radical (unpaired) electrons. The van der Waals surface area contributed by atoms with Crippen LogP contribution in [0.3, 0.4) is 0 Å². The molecular weight excluding hydrogens is 346 g/mol. The molecular formula is C14H20F6O4. The highest BCUT2D eigenvalue weighted by Gasteiger charge is 2.60. The fourth-order valence-electron chi connectivity index (χ4n) is 1.41. The molecule has 0 amide bonds. The molecule has 4 nitrogen and oxygen atoms in total. The van der Waals surface area contributed by atoms with Crippen LogP contribution in [0.5, 0.6) is 0 Å². The summed E-state index contributed by atoms with van der Waals surface area (Å²) in [5.74, 6) is -2.51. The van der Waals surface area contributed by atoms with Gasteiger partial charge in [0.25, 0.3) is 6.10 Å². The molecule has 0 heterocycles. The summed E-state index contributed by atoms with van der Waals surface area (Å²) in [6, 6.07) is 0. The molecule has 0 fully saturated rings. The number of ether oxygens (including phenoxy) is 2. The van der Waals surface area contributed by atoms with Gasteiger partial charge >= 0.3 is 24.3 Å². The molecule has 0 aromatic rings. The minimum absolute atomic E-state index is 0.385. The number of hydrogen-bond donors (Lipinski definition) is 0.